The summed E-state index contributed by atoms with van der Waals surface area (Å²) in [6.07, 6.45) is 1.24. The Hall–Kier alpha value is -2.89. The predicted octanol–water partition coefficient (Wildman–Crippen LogP) is 3.88. The van der Waals surface area contributed by atoms with Crippen molar-refractivity contribution >= 4 is 11.8 Å². The molecule has 1 aromatic carbocycles. The van der Waals surface area contributed by atoms with Crippen LogP contribution in [0.3, 0.4) is 0 Å². The zero-order chi connectivity index (χ0) is 17.1. The number of para-hydroxylation sites is 1. The van der Waals surface area contributed by atoms with Crippen LogP contribution >= 0.6 is 0 Å². The fraction of sp³-hybridized carbons (Fsp3) is 0.278. The number of benzene rings is 1. The third kappa shape index (κ3) is 3.08. The molecule has 0 radical (unpaired) electrons. The number of carbonyl (C=O) groups is 1. The molecule has 6 heteroatoms. The lowest BCUT2D eigenvalue weighted by atomic mass is 10.1. The summed E-state index contributed by atoms with van der Waals surface area (Å²) in [6, 6.07) is 11.7. The van der Waals surface area contributed by atoms with Gasteiger partial charge in [-0.1, -0.05) is 30.3 Å². The normalized spacial score (nSPS) is 10.8. The van der Waals surface area contributed by atoms with Crippen LogP contribution in [0.5, 0.6) is 0 Å². The molecule has 3 rings (SSSR count). The molecule has 1 N–H and O–H groups in total. The van der Waals surface area contributed by atoms with Gasteiger partial charge in [0.2, 0.25) is 11.8 Å². The Balaban J connectivity index is 1.92. The minimum absolute atomic E-state index is 0.0753. The Morgan fingerprint density at radius 3 is 2.71 bits per heavy atom. The van der Waals surface area contributed by atoms with Gasteiger partial charge in [0.1, 0.15) is 5.69 Å². The molecular weight excluding hydrogens is 304 g/mol. The van der Waals surface area contributed by atoms with Crippen LogP contribution in [-0.4, -0.2) is 20.8 Å². The molecule has 0 fully saturated rings. The standard InChI is InChI=1S/C18H20N4O2/c1-4-8-16(23)19-17-11-15(21-24-17)18-12(2)20-22(13(18)3)14-9-6-5-7-10-14/h5-7,9-11H,4,8H2,1-3H3,(H,19,23). The first kappa shape index (κ1) is 16.0. The van der Waals surface area contributed by atoms with Gasteiger partial charge in [0.05, 0.1) is 17.1 Å². The number of hydrogen-bond donors (Lipinski definition) is 1. The first-order valence-electron chi connectivity index (χ1n) is 7.98. The summed E-state index contributed by atoms with van der Waals surface area (Å²) in [6.45, 7) is 5.88. The quantitative estimate of drug-likeness (QED) is 0.773. The molecule has 0 aliphatic heterocycles. The molecule has 0 unspecified atom stereocenters. The largest absolute Gasteiger partial charge is 0.338 e. The topological polar surface area (TPSA) is 73.0 Å². The minimum Gasteiger partial charge on any atom is -0.338 e. The number of aromatic nitrogens is 3. The highest BCUT2D eigenvalue weighted by atomic mass is 16.5. The maximum absolute atomic E-state index is 11.7. The van der Waals surface area contributed by atoms with Crippen molar-refractivity contribution in [3.05, 3.63) is 47.8 Å². The van der Waals surface area contributed by atoms with E-state index in [4.69, 9.17) is 4.52 Å². The Morgan fingerprint density at radius 2 is 2.00 bits per heavy atom. The summed E-state index contributed by atoms with van der Waals surface area (Å²) >= 11 is 0. The lowest BCUT2D eigenvalue weighted by molar-refractivity contribution is -0.116. The monoisotopic (exact) mass is 324 g/mol. The minimum atomic E-state index is -0.0753. The molecule has 0 spiro atoms. The molecule has 0 saturated carbocycles. The molecule has 2 heterocycles. The smallest absolute Gasteiger partial charge is 0.231 e. The number of carbonyl (C=O) groups excluding carboxylic acids is 1. The van der Waals surface area contributed by atoms with Gasteiger partial charge >= 0.3 is 0 Å². The third-order valence-electron chi connectivity index (χ3n) is 3.80. The molecule has 3 aromatic rings. The van der Waals surface area contributed by atoms with Gasteiger partial charge in [0.15, 0.2) is 0 Å². The zero-order valence-electron chi connectivity index (χ0n) is 14.0. The Kier molecular flexibility index (Phi) is 4.46. The molecule has 6 nitrogen and oxygen atoms in total. The van der Waals surface area contributed by atoms with E-state index in [-0.39, 0.29) is 5.91 Å². The van der Waals surface area contributed by atoms with Crippen LogP contribution in [0.1, 0.15) is 31.2 Å². The Bertz CT molecular complexity index is 849. The molecule has 124 valence electrons. The number of aryl methyl sites for hydroxylation is 1. The van der Waals surface area contributed by atoms with E-state index in [9.17, 15) is 4.79 Å². The summed E-state index contributed by atoms with van der Waals surface area (Å²) < 4.78 is 7.13. The van der Waals surface area contributed by atoms with Crippen molar-refractivity contribution < 1.29 is 9.32 Å². The van der Waals surface area contributed by atoms with Crippen LogP contribution in [0.2, 0.25) is 0 Å². The highest BCUT2D eigenvalue weighted by Crippen LogP contribution is 2.29. The second kappa shape index (κ2) is 6.70. The first-order valence-corrected chi connectivity index (χ1v) is 7.98. The maximum atomic E-state index is 11.7. The van der Waals surface area contributed by atoms with E-state index in [1.165, 1.54) is 0 Å². The van der Waals surface area contributed by atoms with E-state index in [2.05, 4.69) is 15.6 Å². The molecular formula is C18H20N4O2. The van der Waals surface area contributed by atoms with Gasteiger partial charge in [0, 0.05) is 18.1 Å². The van der Waals surface area contributed by atoms with Crippen LogP contribution in [-0.2, 0) is 4.79 Å². The average Bonchev–Trinajstić information content (AvgIpc) is 3.12. The van der Waals surface area contributed by atoms with Crippen molar-refractivity contribution in [2.24, 2.45) is 0 Å². The molecule has 0 saturated heterocycles. The van der Waals surface area contributed by atoms with Crippen LogP contribution in [0.15, 0.2) is 40.9 Å². The molecule has 24 heavy (non-hydrogen) atoms. The van der Waals surface area contributed by atoms with Gasteiger partial charge in [-0.05, 0) is 32.4 Å². The molecule has 2 aromatic heterocycles. The maximum Gasteiger partial charge on any atom is 0.231 e. The fourth-order valence-corrected chi connectivity index (χ4v) is 2.71. The molecule has 0 aliphatic carbocycles. The van der Waals surface area contributed by atoms with Crippen molar-refractivity contribution in [3.63, 3.8) is 0 Å². The molecule has 1 amide bonds. The molecule has 0 bridgehead atoms. The number of hydrogen-bond acceptors (Lipinski definition) is 4. The number of amides is 1. The lowest BCUT2D eigenvalue weighted by Gasteiger charge is -2.03. The van der Waals surface area contributed by atoms with Crippen molar-refractivity contribution in [3.8, 4) is 16.9 Å². The summed E-state index contributed by atoms with van der Waals surface area (Å²) in [5, 5.41) is 11.4. The van der Waals surface area contributed by atoms with Gasteiger partial charge in [-0.15, -0.1) is 0 Å². The summed E-state index contributed by atoms with van der Waals surface area (Å²) in [7, 11) is 0. The SMILES string of the molecule is CCCC(=O)Nc1cc(-c2c(C)nn(-c3ccccc3)c2C)no1. The van der Waals surface area contributed by atoms with E-state index in [1.54, 1.807) is 6.07 Å². The molecule has 0 atom stereocenters. The summed E-state index contributed by atoms with van der Waals surface area (Å²) in [5.41, 5.74) is 4.40. The highest BCUT2D eigenvalue weighted by molar-refractivity contribution is 5.89. The summed E-state index contributed by atoms with van der Waals surface area (Å²) in [5.74, 6) is 0.281. The number of nitrogens with zero attached hydrogens (tertiary/aromatic N) is 3. The number of nitrogens with one attached hydrogen (secondary N) is 1. The van der Waals surface area contributed by atoms with E-state index in [0.717, 1.165) is 29.1 Å². The van der Waals surface area contributed by atoms with Gasteiger partial charge in [-0.2, -0.15) is 5.10 Å². The van der Waals surface area contributed by atoms with Gasteiger partial charge < -0.3 is 4.52 Å². The van der Waals surface area contributed by atoms with E-state index in [0.29, 0.717) is 18.0 Å². The van der Waals surface area contributed by atoms with Crippen molar-refractivity contribution in [2.45, 2.75) is 33.6 Å². The fourth-order valence-electron chi connectivity index (χ4n) is 2.71. The van der Waals surface area contributed by atoms with Crippen molar-refractivity contribution in [1.29, 1.82) is 0 Å². The Labute approximate surface area is 140 Å². The summed E-state index contributed by atoms with van der Waals surface area (Å²) in [4.78, 5) is 11.7. The lowest BCUT2D eigenvalue weighted by Crippen LogP contribution is -2.09. The Morgan fingerprint density at radius 1 is 1.25 bits per heavy atom. The number of rotatable bonds is 5. The van der Waals surface area contributed by atoms with Crippen LogP contribution in [0.25, 0.3) is 16.9 Å². The van der Waals surface area contributed by atoms with Gasteiger partial charge in [-0.3, -0.25) is 10.1 Å². The second-order valence-corrected chi connectivity index (χ2v) is 5.67. The van der Waals surface area contributed by atoms with E-state index in [1.807, 2.05) is 55.8 Å². The van der Waals surface area contributed by atoms with Gasteiger partial charge in [0.25, 0.3) is 0 Å². The van der Waals surface area contributed by atoms with E-state index >= 15 is 0 Å². The first-order chi connectivity index (χ1) is 11.6. The van der Waals surface area contributed by atoms with Crippen LogP contribution in [0.4, 0.5) is 5.88 Å². The number of anilines is 1. The van der Waals surface area contributed by atoms with Crippen LogP contribution < -0.4 is 5.32 Å². The zero-order valence-corrected chi connectivity index (χ0v) is 14.0. The second-order valence-electron chi connectivity index (χ2n) is 5.67. The molecule has 0 aliphatic rings. The highest BCUT2D eigenvalue weighted by Gasteiger charge is 2.18. The third-order valence-corrected chi connectivity index (χ3v) is 3.80. The average molecular weight is 324 g/mol. The van der Waals surface area contributed by atoms with Gasteiger partial charge in [-0.25, -0.2) is 4.68 Å². The van der Waals surface area contributed by atoms with Crippen molar-refractivity contribution in [1.82, 2.24) is 14.9 Å². The van der Waals surface area contributed by atoms with Crippen molar-refractivity contribution in [2.75, 3.05) is 5.32 Å². The predicted molar refractivity (Wildman–Crippen MR) is 92.1 cm³/mol. The van der Waals surface area contributed by atoms with E-state index < -0.39 is 0 Å². The van der Waals surface area contributed by atoms with Crippen LogP contribution in [0, 0.1) is 13.8 Å².